The second kappa shape index (κ2) is 9.72. The van der Waals surface area contributed by atoms with Crippen molar-refractivity contribution in [2.24, 2.45) is 5.41 Å². The molecule has 0 aliphatic heterocycles. The van der Waals surface area contributed by atoms with Crippen LogP contribution in [0, 0.1) is 17.0 Å². The van der Waals surface area contributed by atoms with E-state index in [2.05, 4.69) is 29.0 Å². The molecular formula is C23H29F2N5O2. The van der Waals surface area contributed by atoms with Crippen LogP contribution in [0.4, 0.5) is 8.78 Å². The number of rotatable bonds is 9. The van der Waals surface area contributed by atoms with Gasteiger partial charge in [-0.1, -0.05) is 19.9 Å². The molecule has 2 aromatic heterocycles. The van der Waals surface area contributed by atoms with E-state index in [4.69, 9.17) is 5.21 Å². The minimum atomic E-state index is -0.713. The molecule has 2 heterocycles. The van der Waals surface area contributed by atoms with Crippen LogP contribution in [0.5, 0.6) is 0 Å². The maximum absolute atomic E-state index is 14.2. The molecule has 0 bridgehead atoms. The molecule has 1 aromatic carbocycles. The summed E-state index contributed by atoms with van der Waals surface area (Å²) in [5.41, 5.74) is 3.65. The Labute approximate surface area is 186 Å². The number of nitrogens with zero attached hydrogens (tertiary/aromatic N) is 3. The molecule has 0 radical (unpaired) electrons. The number of pyridine rings is 1. The number of nitrogens with one attached hydrogen (secondary N) is 2. The van der Waals surface area contributed by atoms with Crippen LogP contribution < -0.4 is 10.8 Å². The smallest absolute Gasteiger partial charge is 0.293 e. The van der Waals surface area contributed by atoms with E-state index < -0.39 is 17.5 Å². The summed E-state index contributed by atoms with van der Waals surface area (Å²) < 4.78 is 29.3. The van der Waals surface area contributed by atoms with Crippen molar-refractivity contribution in [3.05, 3.63) is 65.1 Å². The largest absolute Gasteiger partial charge is 0.341 e. The van der Waals surface area contributed by atoms with E-state index in [0.29, 0.717) is 17.6 Å². The Balaban J connectivity index is 1.92. The summed E-state index contributed by atoms with van der Waals surface area (Å²) in [4.78, 5) is 18.1. The molecule has 0 fully saturated rings. The lowest BCUT2D eigenvalue weighted by Crippen LogP contribution is -2.37. The molecular weight excluding hydrogens is 416 g/mol. The highest BCUT2D eigenvalue weighted by molar-refractivity contribution is 5.96. The molecule has 32 heavy (non-hydrogen) atoms. The van der Waals surface area contributed by atoms with E-state index in [0.717, 1.165) is 30.1 Å². The second-order valence-electron chi connectivity index (χ2n) is 9.05. The van der Waals surface area contributed by atoms with E-state index in [9.17, 15) is 13.6 Å². The van der Waals surface area contributed by atoms with E-state index >= 15 is 0 Å². The molecule has 9 heteroatoms. The number of carbonyl (C=O) groups excluding carboxylic acids is 1. The van der Waals surface area contributed by atoms with Crippen LogP contribution in [0.25, 0.3) is 10.9 Å². The summed E-state index contributed by atoms with van der Waals surface area (Å²) in [7, 11) is 4.06. The lowest BCUT2D eigenvalue weighted by atomic mass is 9.93. The molecule has 3 aromatic rings. The normalized spacial score (nSPS) is 12.0. The molecule has 0 saturated carbocycles. The zero-order valence-electron chi connectivity index (χ0n) is 18.7. The molecule has 0 aliphatic carbocycles. The van der Waals surface area contributed by atoms with Crippen molar-refractivity contribution in [3.8, 4) is 0 Å². The summed E-state index contributed by atoms with van der Waals surface area (Å²) in [6.07, 6.45) is 3.39. The first-order valence-corrected chi connectivity index (χ1v) is 10.3. The monoisotopic (exact) mass is 445 g/mol. The molecule has 0 atom stereocenters. The molecule has 0 unspecified atom stereocenters. The fourth-order valence-electron chi connectivity index (χ4n) is 4.00. The van der Waals surface area contributed by atoms with Crippen molar-refractivity contribution >= 4 is 16.8 Å². The number of fused-ring (bicyclic) bond motifs is 1. The number of benzene rings is 1. The van der Waals surface area contributed by atoms with Crippen LogP contribution in [0.3, 0.4) is 0 Å². The van der Waals surface area contributed by atoms with Gasteiger partial charge in [0.15, 0.2) is 0 Å². The van der Waals surface area contributed by atoms with Gasteiger partial charge >= 0.3 is 0 Å². The van der Waals surface area contributed by atoms with Crippen molar-refractivity contribution < 1.29 is 18.8 Å². The van der Waals surface area contributed by atoms with Gasteiger partial charge in [0.2, 0.25) is 0 Å². The van der Waals surface area contributed by atoms with Gasteiger partial charge in [0, 0.05) is 42.8 Å². The van der Waals surface area contributed by atoms with Crippen molar-refractivity contribution in [1.29, 1.82) is 0 Å². The van der Waals surface area contributed by atoms with Crippen LogP contribution in [0.1, 0.15) is 35.5 Å². The lowest BCUT2D eigenvalue weighted by Gasteiger charge is -2.28. The molecule has 3 rings (SSSR count). The van der Waals surface area contributed by atoms with E-state index in [1.54, 1.807) is 11.5 Å². The summed E-state index contributed by atoms with van der Waals surface area (Å²) in [6.45, 7) is 6.73. The lowest BCUT2D eigenvalue weighted by molar-refractivity contribution is 0.0701. The summed E-state index contributed by atoms with van der Waals surface area (Å²) in [6, 6.07) is 5.10. The van der Waals surface area contributed by atoms with Crippen LogP contribution >= 0.6 is 0 Å². The highest BCUT2D eigenvalue weighted by atomic mass is 19.1. The average molecular weight is 446 g/mol. The highest BCUT2D eigenvalue weighted by Crippen LogP contribution is 2.24. The Bertz CT molecular complexity index is 1110. The van der Waals surface area contributed by atoms with E-state index in [-0.39, 0.29) is 17.7 Å². The van der Waals surface area contributed by atoms with Crippen molar-refractivity contribution in [1.82, 2.24) is 25.2 Å². The van der Waals surface area contributed by atoms with Crippen molar-refractivity contribution in [2.75, 3.05) is 27.2 Å². The first-order chi connectivity index (χ1) is 15.1. The molecule has 3 N–H and O–H groups in total. The third-order valence-corrected chi connectivity index (χ3v) is 5.20. The average Bonchev–Trinajstić information content (AvgIpc) is 3.05. The molecule has 7 nitrogen and oxygen atoms in total. The van der Waals surface area contributed by atoms with Crippen LogP contribution in [0.2, 0.25) is 0 Å². The maximum atomic E-state index is 14.2. The SMILES string of the molecule is CN(C)CC(C)(C)CNCc1cn(Cc2ccc(F)cc2F)c2cnc(C(=O)NO)cc12. The summed E-state index contributed by atoms with van der Waals surface area (Å²) in [5.74, 6) is -1.97. The number of aromatic nitrogens is 2. The maximum Gasteiger partial charge on any atom is 0.293 e. The number of hydrogen-bond acceptors (Lipinski definition) is 5. The Hall–Kier alpha value is -2.88. The predicted molar refractivity (Wildman–Crippen MR) is 118 cm³/mol. The Morgan fingerprint density at radius 3 is 2.62 bits per heavy atom. The number of amides is 1. The first kappa shape index (κ1) is 23.8. The zero-order valence-corrected chi connectivity index (χ0v) is 18.7. The van der Waals surface area contributed by atoms with Crippen LogP contribution in [0.15, 0.2) is 36.7 Å². The predicted octanol–water partition coefficient (Wildman–Crippen LogP) is 3.16. The molecule has 0 spiro atoms. The van der Waals surface area contributed by atoms with Gasteiger partial charge in [0.1, 0.15) is 17.3 Å². The van der Waals surface area contributed by atoms with Gasteiger partial charge in [-0.05, 0) is 37.2 Å². The Kier molecular flexibility index (Phi) is 7.22. The standard InChI is InChI=1S/C23H29F2N5O2/c1-23(2,14-29(3)4)13-26-9-16-12-30(11-15-5-6-17(24)7-19(15)25)21-10-27-20(8-18(16)21)22(31)28-32/h5-8,10,12,26,32H,9,11,13-14H2,1-4H3,(H,28,31). The third kappa shape index (κ3) is 5.67. The van der Waals surface area contributed by atoms with Gasteiger partial charge in [0.05, 0.1) is 18.3 Å². The Morgan fingerprint density at radius 2 is 1.97 bits per heavy atom. The van der Waals surface area contributed by atoms with Crippen LogP contribution in [-0.4, -0.2) is 52.8 Å². The molecule has 1 amide bonds. The van der Waals surface area contributed by atoms with E-state index in [1.165, 1.54) is 18.3 Å². The highest BCUT2D eigenvalue weighted by Gasteiger charge is 2.19. The number of hydrogen-bond donors (Lipinski definition) is 3. The fraction of sp³-hybridized carbons (Fsp3) is 0.391. The van der Waals surface area contributed by atoms with Gasteiger partial charge in [0.25, 0.3) is 5.91 Å². The van der Waals surface area contributed by atoms with E-state index in [1.807, 2.05) is 24.9 Å². The second-order valence-corrected chi connectivity index (χ2v) is 9.05. The minimum absolute atomic E-state index is 0.0442. The number of hydroxylamine groups is 1. The summed E-state index contributed by atoms with van der Waals surface area (Å²) >= 11 is 0. The number of halogens is 2. The first-order valence-electron chi connectivity index (χ1n) is 10.3. The zero-order chi connectivity index (χ0) is 23.5. The summed E-state index contributed by atoms with van der Waals surface area (Å²) in [5, 5.41) is 13.2. The molecule has 0 saturated heterocycles. The van der Waals surface area contributed by atoms with Crippen molar-refractivity contribution in [2.45, 2.75) is 26.9 Å². The van der Waals surface area contributed by atoms with Gasteiger partial charge < -0.3 is 14.8 Å². The Morgan fingerprint density at radius 1 is 1.22 bits per heavy atom. The molecule has 0 aliphatic rings. The quantitative estimate of drug-likeness (QED) is 0.348. The topological polar surface area (TPSA) is 82.4 Å². The van der Waals surface area contributed by atoms with Crippen LogP contribution in [-0.2, 0) is 13.1 Å². The third-order valence-electron chi connectivity index (χ3n) is 5.20. The minimum Gasteiger partial charge on any atom is -0.341 e. The van der Waals surface area contributed by atoms with Gasteiger partial charge in [-0.3, -0.25) is 10.0 Å². The molecule has 172 valence electrons. The van der Waals surface area contributed by atoms with Gasteiger partial charge in [-0.25, -0.2) is 19.2 Å². The number of carbonyl (C=O) groups is 1. The van der Waals surface area contributed by atoms with Gasteiger partial charge in [-0.15, -0.1) is 0 Å². The van der Waals surface area contributed by atoms with Crippen molar-refractivity contribution in [3.63, 3.8) is 0 Å². The fourth-order valence-corrected chi connectivity index (χ4v) is 4.00. The van der Waals surface area contributed by atoms with Gasteiger partial charge in [-0.2, -0.15) is 0 Å².